The van der Waals surface area contributed by atoms with Gasteiger partial charge in [0, 0.05) is 6.42 Å². The standard InChI is InChI=1S/C12H23ClO4/c1-2-3-4-5-6-7-8-11(16)17-12(13)10(15)9-14/h10,12,14-15H,2-9H2,1H3. The zero-order chi connectivity index (χ0) is 13.1. The maximum Gasteiger partial charge on any atom is 0.307 e. The Labute approximate surface area is 108 Å². The molecule has 4 nitrogen and oxygen atoms in total. The summed E-state index contributed by atoms with van der Waals surface area (Å²) < 4.78 is 4.75. The van der Waals surface area contributed by atoms with Gasteiger partial charge in [0.15, 0.2) is 0 Å². The van der Waals surface area contributed by atoms with Gasteiger partial charge in [0.2, 0.25) is 5.56 Å². The van der Waals surface area contributed by atoms with Crippen LogP contribution < -0.4 is 0 Å². The number of carbonyl (C=O) groups is 1. The first-order valence-electron chi connectivity index (χ1n) is 6.24. The minimum Gasteiger partial charge on any atom is -0.443 e. The molecule has 0 aliphatic carbocycles. The number of rotatable bonds is 10. The molecule has 0 aliphatic rings. The number of aliphatic hydroxyl groups is 2. The second kappa shape index (κ2) is 10.8. The molecule has 0 saturated heterocycles. The first-order valence-corrected chi connectivity index (χ1v) is 6.68. The number of hydrogen-bond donors (Lipinski definition) is 2. The lowest BCUT2D eigenvalue weighted by atomic mass is 10.1. The number of unbranched alkanes of at least 4 members (excludes halogenated alkanes) is 5. The van der Waals surface area contributed by atoms with Crippen molar-refractivity contribution in [1.82, 2.24) is 0 Å². The fourth-order valence-electron chi connectivity index (χ4n) is 1.40. The minimum atomic E-state index is -1.22. The van der Waals surface area contributed by atoms with E-state index in [1.165, 1.54) is 19.3 Å². The van der Waals surface area contributed by atoms with Gasteiger partial charge in [-0.1, -0.05) is 50.6 Å². The van der Waals surface area contributed by atoms with Crippen molar-refractivity contribution in [3.63, 3.8) is 0 Å². The molecule has 0 aromatic rings. The molecule has 0 aromatic carbocycles. The highest BCUT2D eigenvalue weighted by Crippen LogP contribution is 2.10. The van der Waals surface area contributed by atoms with Crippen molar-refractivity contribution in [2.75, 3.05) is 6.61 Å². The molecule has 0 radical (unpaired) electrons. The van der Waals surface area contributed by atoms with Crippen molar-refractivity contribution in [2.24, 2.45) is 0 Å². The van der Waals surface area contributed by atoms with E-state index in [2.05, 4.69) is 6.92 Å². The average molecular weight is 267 g/mol. The number of hydrogen-bond acceptors (Lipinski definition) is 4. The molecule has 0 aromatic heterocycles. The number of esters is 1. The second-order valence-corrected chi connectivity index (χ2v) is 4.54. The van der Waals surface area contributed by atoms with Gasteiger partial charge in [0.25, 0.3) is 0 Å². The van der Waals surface area contributed by atoms with Gasteiger partial charge in [-0.25, -0.2) is 0 Å². The van der Waals surface area contributed by atoms with Crippen molar-refractivity contribution in [2.45, 2.75) is 63.5 Å². The van der Waals surface area contributed by atoms with Crippen LogP contribution in [0.1, 0.15) is 51.9 Å². The third-order valence-electron chi connectivity index (χ3n) is 2.47. The Kier molecular flexibility index (Phi) is 10.6. The molecule has 0 fully saturated rings. The van der Waals surface area contributed by atoms with Crippen LogP contribution in [0.15, 0.2) is 0 Å². The molecule has 0 amide bonds. The maximum absolute atomic E-state index is 11.3. The van der Waals surface area contributed by atoms with Gasteiger partial charge in [0.1, 0.15) is 6.10 Å². The Hall–Kier alpha value is -0.320. The summed E-state index contributed by atoms with van der Waals surface area (Å²) in [7, 11) is 0. The molecule has 0 saturated carbocycles. The lowest BCUT2D eigenvalue weighted by Crippen LogP contribution is -2.29. The fourth-order valence-corrected chi connectivity index (χ4v) is 1.57. The minimum absolute atomic E-state index is 0.313. The summed E-state index contributed by atoms with van der Waals surface area (Å²) in [4.78, 5) is 11.3. The van der Waals surface area contributed by atoms with Gasteiger partial charge in [-0.05, 0) is 6.42 Å². The number of aliphatic hydroxyl groups excluding tert-OH is 2. The molecular weight excluding hydrogens is 244 g/mol. The summed E-state index contributed by atoms with van der Waals surface area (Å²) >= 11 is 5.55. The molecule has 0 spiro atoms. The van der Waals surface area contributed by atoms with Crippen LogP contribution in [-0.2, 0) is 9.53 Å². The lowest BCUT2D eigenvalue weighted by Gasteiger charge is -2.15. The molecular formula is C12H23ClO4. The summed E-state index contributed by atoms with van der Waals surface area (Å²) in [5.41, 5.74) is -1.16. The highest BCUT2D eigenvalue weighted by molar-refractivity contribution is 6.20. The second-order valence-electron chi connectivity index (χ2n) is 4.11. The average Bonchev–Trinajstić information content (AvgIpc) is 2.32. The Balaban J connectivity index is 3.46. The van der Waals surface area contributed by atoms with Crippen molar-refractivity contribution in [3.8, 4) is 0 Å². The van der Waals surface area contributed by atoms with Crippen molar-refractivity contribution in [3.05, 3.63) is 0 Å². The smallest absolute Gasteiger partial charge is 0.307 e. The van der Waals surface area contributed by atoms with E-state index in [1.54, 1.807) is 0 Å². The molecule has 0 rings (SSSR count). The summed E-state index contributed by atoms with van der Waals surface area (Å²) in [5.74, 6) is -0.423. The predicted octanol–water partition coefficient (Wildman–Crippen LogP) is 2.20. The molecule has 2 N–H and O–H groups in total. The number of alkyl halides is 1. The van der Waals surface area contributed by atoms with E-state index >= 15 is 0 Å². The molecule has 0 aliphatic heterocycles. The van der Waals surface area contributed by atoms with Crippen LogP contribution in [0.4, 0.5) is 0 Å². The summed E-state index contributed by atoms with van der Waals surface area (Å²) in [5, 5.41) is 17.7. The van der Waals surface area contributed by atoms with E-state index in [0.717, 1.165) is 19.3 Å². The topological polar surface area (TPSA) is 66.8 Å². The van der Waals surface area contributed by atoms with Gasteiger partial charge in [0.05, 0.1) is 6.61 Å². The Morgan fingerprint density at radius 1 is 1.24 bits per heavy atom. The van der Waals surface area contributed by atoms with Crippen molar-refractivity contribution in [1.29, 1.82) is 0 Å². The van der Waals surface area contributed by atoms with E-state index in [9.17, 15) is 4.79 Å². The highest BCUT2D eigenvalue weighted by Gasteiger charge is 2.19. The van der Waals surface area contributed by atoms with Gasteiger partial charge >= 0.3 is 5.97 Å². The van der Waals surface area contributed by atoms with Gasteiger partial charge in [-0.3, -0.25) is 4.79 Å². The van der Waals surface area contributed by atoms with Crippen molar-refractivity contribution >= 4 is 17.6 Å². The van der Waals surface area contributed by atoms with Crippen molar-refractivity contribution < 1.29 is 19.7 Å². The SMILES string of the molecule is CCCCCCCCC(=O)OC(Cl)C(O)CO. The third kappa shape index (κ3) is 9.39. The third-order valence-corrected chi connectivity index (χ3v) is 2.85. The monoisotopic (exact) mass is 266 g/mol. The van der Waals surface area contributed by atoms with Crippen LogP contribution in [0.5, 0.6) is 0 Å². The normalized spacial score (nSPS) is 14.4. The fraction of sp³-hybridized carbons (Fsp3) is 0.917. The summed E-state index contributed by atoms with van der Waals surface area (Å²) in [6, 6.07) is 0. The Bertz CT molecular complexity index is 199. The van der Waals surface area contributed by atoms with Crippen LogP contribution in [0, 0.1) is 0 Å². The zero-order valence-electron chi connectivity index (χ0n) is 10.4. The molecule has 5 heteroatoms. The number of halogens is 1. The van der Waals surface area contributed by atoms with Crippen LogP contribution in [0.3, 0.4) is 0 Å². The first-order chi connectivity index (χ1) is 8.11. The molecule has 0 heterocycles. The van der Waals surface area contributed by atoms with Crippen LogP contribution in [0.2, 0.25) is 0 Å². The van der Waals surface area contributed by atoms with E-state index in [4.69, 9.17) is 26.6 Å². The predicted molar refractivity (Wildman–Crippen MR) is 66.8 cm³/mol. The molecule has 102 valence electrons. The highest BCUT2D eigenvalue weighted by atomic mass is 35.5. The maximum atomic E-state index is 11.3. The van der Waals surface area contributed by atoms with E-state index in [-0.39, 0.29) is 0 Å². The number of ether oxygens (including phenoxy) is 1. The zero-order valence-corrected chi connectivity index (χ0v) is 11.2. The summed E-state index contributed by atoms with van der Waals surface area (Å²) in [6.07, 6.45) is 5.65. The van der Waals surface area contributed by atoms with E-state index < -0.39 is 24.2 Å². The first kappa shape index (κ1) is 16.7. The van der Waals surface area contributed by atoms with E-state index in [0.29, 0.717) is 6.42 Å². The van der Waals surface area contributed by atoms with Crippen LogP contribution in [0.25, 0.3) is 0 Å². The Morgan fingerprint density at radius 2 is 1.82 bits per heavy atom. The summed E-state index contributed by atoms with van der Waals surface area (Å²) in [6.45, 7) is 1.64. The molecule has 2 atom stereocenters. The quantitative estimate of drug-likeness (QED) is 0.361. The van der Waals surface area contributed by atoms with Gasteiger partial charge < -0.3 is 14.9 Å². The van der Waals surface area contributed by atoms with Gasteiger partial charge in [-0.15, -0.1) is 0 Å². The molecule has 17 heavy (non-hydrogen) atoms. The van der Waals surface area contributed by atoms with Crippen LogP contribution in [-0.4, -0.2) is 34.5 Å². The Morgan fingerprint density at radius 3 is 2.41 bits per heavy atom. The molecule has 0 bridgehead atoms. The van der Waals surface area contributed by atoms with Crippen LogP contribution >= 0.6 is 11.6 Å². The lowest BCUT2D eigenvalue weighted by molar-refractivity contribution is -0.150. The largest absolute Gasteiger partial charge is 0.443 e. The molecule has 2 unspecified atom stereocenters. The number of carbonyl (C=O) groups excluding carboxylic acids is 1. The van der Waals surface area contributed by atoms with Gasteiger partial charge in [-0.2, -0.15) is 0 Å². The van der Waals surface area contributed by atoms with E-state index in [1.807, 2.05) is 0 Å².